The van der Waals surface area contributed by atoms with E-state index in [1.807, 2.05) is 0 Å². The first-order chi connectivity index (χ1) is 9.00. The number of phosphoric acid groups is 1. The summed E-state index contributed by atoms with van der Waals surface area (Å²) in [7, 11) is -3.57. The van der Waals surface area contributed by atoms with Crippen LogP contribution < -0.4 is 0 Å². The van der Waals surface area contributed by atoms with Crippen LogP contribution in [0.1, 0.15) is 24.2 Å². The van der Waals surface area contributed by atoms with Crippen molar-refractivity contribution in [2.45, 2.75) is 18.7 Å². The molecule has 0 saturated carbocycles. The highest BCUT2D eigenvalue weighted by Gasteiger charge is 2.26. The van der Waals surface area contributed by atoms with Gasteiger partial charge in [0.2, 0.25) is 0 Å². The molecule has 0 fully saturated rings. The van der Waals surface area contributed by atoms with E-state index in [9.17, 15) is 9.36 Å². The first kappa shape index (κ1) is 16.2. The SMILES string of the molecule is CCOP(=O)(OCC)OSc1ccc(C(=O)O)cc1. The van der Waals surface area contributed by atoms with Gasteiger partial charge in [-0.2, -0.15) is 0 Å². The fourth-order valence-electron chi connectivity index (χ4n) is 1.14. The second-order valence-corrected chi connectivity index (χ2v) is 5.92. The smallest absolute Gasteiger partial charge is 0.478 e. The van der Waals surface area contributed by atoms with Crippen LogP contribution in [-0.2, 0) is 17.6 Å². The number of hydrogen-bond acceptors (Lipinski definition) is 6. The second-order valence-electron chi connectivity index (χ2n) is 3.27. The minimum Gasteiger partial charge on any atom is -0.478 e. The molecule has 0 radical (unpaired) electrons. The van der Waals surface area contributed by atoms with Gasteiger partial charge < -0.3 is 5.11 Å². The predicted molar refractivity (Wildman–Crippen MR) is 71.2 cm³/mol. The third-order valence-corrected chi connectivity index (χ3v) is 4.54. The maximum Gasteiger partial charge on any atom is 0.486 e. The quantitative estimate of drug-likeness (QED) is 0.580. The number of aromatic carboxylic acids is 1. The molecule has 0 atom stereocenters. The Balaban J connectivity index is 2.64. The highest BCUT2D eigenvalue weighted by molar-refractivity contribution is 7.98. The minimum absolute atomic E-state index is 0.169. The number of hydrogen-bond donors (Lipinski definition) is 1. The molecule has 1 aromatic carbocycles. The number of phosphoric ester groups is 1. The molecule has 0 spiro atoms. The molecule has 0 unspecified atom stereocenters. The number of carboxylic acids is 1. The van der Waals surface area contributed by atoms with Gasteiger partial charge in [0.15, 0.2) is 0 Å². The summed E-state index contributed by atoms with van der Waals surface area (Å²) < 4.78 is 27.0. The van der Waals surface area contributed by atoms with E-state index < -0.39 is 13.8 Å². The third kappa shape index (κ3) is 5.34. The van der Waals surface area contributed by atoms with E-state index in [1.54, 1.807) is 26.0 Å². The molecule has 0 saturated heterocycles. The Labute approximate surface area is 115 Å². The highest BCUT2D eigenvalue weighted by Crippen LogP contribution is 2.53. The summed E-state index contributed by atoms with van der Waals surface area (Å²) in [6, 6.07) is 5.97. The lowest BCUT2D eigenvalue weighted by Gasteiger charge is -2.14. The first-order valence-electron chi connectivity index (χ1n) is 5.59. The molecule has 19 heavy (non-hydrogen) atoms. The van der Waals surface area contributed by atoms with E-state index in [0.29, 0.717) is 4.90 Å². The molecule has 0 aromatic heterocycles. The first-order valence-corrected chi connectivity index (χ1v) is 7.79. The zero-order valence-corrected chi connectivity index (χ0v) is 12.3. The topological polar surface area (TPSA) is 82.1 Å². The Morgan fingerprint density at radius 3 is 2.16 bits per heavy atom. The molecular weight excluding hydrogens is 291 g/mol. The van der Waals surface area contributed by atoms with Gasteiger partial charge in [0, 0.05) is 16.9 Å². The molecule has 0 aliphatic heterocycles. The van der Waals surface area contributed by atoms with Crippen LogP contribution in [-0.4, -0.2) is 24.3 Å². The lowest BCUT2D eigenvalue weighted by molar-refractivity contribution is 0.0696. The van der Waals surface area contributed by atoms with Gasteiger partial charge >= 0.3 is 13.8 Å². The zero-order valence-electron chi connectivity index (χ0n) is 10.6. The van der Waals surface area contributed by atoms with E-state index in [-0.39, 0.29) is 18.8 Å². The van der Waals surface area contributed by atoms with Crippen molar-refractivity contribution in [1.29, 1.82) is 0 Å². The molecule has 0 aliphatic carbocycles. The molecule has 106 valence electrons. The van der Waals surface area contributed by atoms with Crippen LogP contribution in [0.5, 0.6) is 0 Å². The molecule has 6 nitrogen and oxygen atoms in total. The third-order valence-electron chi connectivity index (χ3n) is 1.90. The summed E-state index contributed by atoms with van der Waals surface area (Å²) >= 11 is 0.822. The van der Waals surface area contributed by atoms with Crippen molar-refractivity contribution in [3.8, 4) is 0 Å². The Bertz CT molecular complexity index is 451. The minimum atomic E-state index is -3.57. The van der Waals surface area contributed by atoms with E-state index in [2.05, 4.69) is 0 Å². The lowest BCUT2D eigenvalue weighted by Crippen LogP contribution is -1.97. The fraction of sp³-hybridized carbons (Fsp3) is 0.364. The number of rotatable bonds is 8. The van der Waals surface area contributed by atoms with Crippen LogP contribution >= 0.6 is 19.9 Å². The largest absolute Gasteiger partial charge is 0.486 e. The number of carboxylic acid groups (broad SMARTS) is 1. The van der Waals surface area contributed by atoms with Gasteiger partial charge in [-0.25, -0.2) is 13.3 Å². The van der Waals surface area contributed by atoms with Gasteiger partial charge in [-0.15, -0.1) is 0 Å². The van der Waals surface area contributed by atoms with E-state index in [4.69, 9.17) is 18.1 Å². The van der Waals surface area contributed by atoms with E-state index >= 15 is 0 Å². The van der Waals surface area contributed by atoms with Crippen molar-refractivity contribution >= 4 is 25.8 Å². The molecule has 0 aliphatic rings. The molecule has 0 heterocycles. The van der Waals surface area contributed by atoms with E-state index in [1.165, 1.54) is 12.1 Å². The Hall–Kier alpha value is -0.850. The van der Waals surface area contributed by atoms with Gasteiger partial charge in [-0.1, -0.05) is 0 Å². The maximum atomic E-state index is 12.0. The van der Waals surface area contributed by atoms with Crippen molar-refractivity contribution < 1.29 is 27.5 Å². The fourth-order valence-corrected chi connectivity index (χ4v) is 3.15. The standard InChI is InChI=1S/C11H15O6PS/c1-3-15-18(14,16-4-2)17-19-10-7-5-9(6-8-10)11(12)13/h5-8H,3-4H2,1-2H3,(H,12,13). The monoisotopic (exact) mass is 306 g/mol. The summed E-state index contributed by atoms with van der Waals surface area (Å²) in [4.78, 5) is 11.3. The molecular formula is C11H15O6PS. The second kappa shape index (κ2) is 7.67. The van der Waals surface area contributed by atoms with Crippen LogP contribution in [0.3, 0.4) is 0 Å². The van der Waals surface area contributed by atoms with Crippen molar-refractivity contribution in [2.75, 3.05) is 13.2 Å². The molecule has 1 aromatic rings. The summed E-state index contributed by atoms with van der Waals surface area (Å²) in [6.45, 7) is 3.77. The highest BCUT2D eigenvalue weighted by atomic mass is 32.2. The van der Waals surface area contributed by atoms with Gasteiger partial charge in [0.25, 0.3) is 0 Å². The number of carbonyl (C=O) groups is 1. The lowest BCUT2D eigenvalue weighted by atomic mass is 10.2. The average Bonchev–Trinajstić information content (AvgIpc) is 2.37. The Morgan fingerprint density at radius 2 is 1.74 bits per heavy atom. The summed E-state index contributed by atoms with van der Waals surface area (Å²) in [6.07, 6.45) is 0. The van der Waals surface area contributed by atoms with Crippen molar-refractivity contribution in [1.82, 2.24) is 0 Å². The Kier molecular flexibility index (Phi) is 6.54. The van der Waals surface area contributed by atoms with Crippen LogP contribution in [0, 0.1) is 0 Å². The van der Waals surface area contributed by atoms with Gasteiger partial charge in [-0.05, 0) is 38.1 Å². The van der Waals surface area contributed by atoms with Crippen molar-refractivity contribution in [3.63, 3.8) is 0 Å². The summed E-state index contributed by atoms with van der Waals surface area (Å²) in [5, 5.41) is 8.75. The number of benzene rings is 1. The van der Waals surface area contributed by atoms with Crippen LogP contribution in [0.25, 0.3) is 0 Å². The molecule has 0 amide bonds. The van der Waals surface area contributed by atoms with Crippen molar-refractivity contribution in [3.05, 3.63) is 29.8 Å². The van der Waals surface area contributed by atoms with Crippen molar-refractivity contribution in [2.24, 2.45) is 0 Å². The zero-order chi connectivity index (χ0) is 14.3. The predicted octanol–water partition coefficient (Wildman–Crippen LogP) is 3.59. The summed E-state index contributed by atoms with van der Waals surface area (Å²) in [5.41, 5.74) is 0.169. The van der Waals surface area contributed by atoms with Gasteiger partial charge in [-0.3, -0.25) is 9.05 Å². The molecule has 1 N–H and O–H groups in total. The normalized spacial score (nSPS) is 11.5. The average molecular weight is 306 g/mol. The summed E-state index contributed by atoms with van der Waals surface area (Å²) in [5.74, 6) is -1.01. The van der Waals surface area contributed by atoms with Gasteiger partial charge in [0.1, 0.15) is 0 Å². The molecule has 8 heteroatoms. The molecule has 0 bridgehead atoms. The Morgan fingerprint density at radius 1 is 1.21 bits per heavy atom. The van der Waals surface area contributed by atoms with Gasteiger partial charge in [0.05, 0.1) is 18.8 Å². The van der Waals surface area contributed by atoms with Crippen LogP contribution in [0.4, 0.5) is 0 Å². The van der Waals surface area contributed by atoms with Crippen LogP contribution in [0.2, 0.25) is 0 Å². The molecule has 1 rings (SSSR count). The maximum absolute atomic E-state index is 12.0. The van der Waals surface area contributed by atoms with Crippen LogP contribution in [0.15, 0.2) is 29.2 Å². The van der Waals surface area contributed by atoms with E-state index in [0.717, 1.165) is 12.0 Å².